The SMILES string of the molecule is CCOc1cccc2c1CC[C@@H]2NC(=O)c1ncoc1[C@@H]1CCCO1. The average molecular weight is 342 g/mol. The van der Waals surface area contributed by atoms with E-state index in [-0.39, 0.29) is 18.1 Å². The lowest BCUT2D eigenvalue weighted by Gasteiger charge is -2.15. The number of benzene rings is 1. The van der Waals surface area contributed by atoms with Gasteiger partial charge in [-0.1, -0.05) is 12.1 Å². The molecule has 1 aromatic heterocycles. The van der Waals surface area contributed by atoms with Gasteiger partial charge in [0, 0.05) is 6.61 Å². The molecule has 1 N–H and O–H groups in total. The van der Waals surface area contributed by atoms with Crippen LogP contribution in [0.4, 0.5) is 0 Å². The van der Waals surface area contributed by atoms with Gasteiger partial charge in [-0.15, -0.1) is 0 Å². The Labute approximate surface area is 146 Å². The molecule has 0 radical (unpaired) electrons. The Balaban J connectivity index is 1.52. The van der Waals surface area contributed by atoms with Crippen molar-refractivity contribution in [3.05, 3.63) is 47.2 Å². The fourth-order valence-electron chi connectivity index (χ4n) is 3.73. The van der Waals surface area contributed by atoms with E-state index in [1.54, 1.807) is 0 Å². The molecule has 132 valence electrons. The molecule has 4 rings (SSSR count). The van der Waals surface area contributed by atoms with E-state index in [2.05, 4.69) is 16.4 Å². The Hall–Kier alpha value is -2.34. The second kappa shape index (κ2) is 6.88. The molecule has 1 amide bonds. The van der Waals surface area contributed by atoms with Crippen molar-refractivity contribution in [2.24, 2.45) is 0 Å². The van der Waals surface area contributed by atoms with Gasteiger partial charge >= 0.3 is 0 Å². The van der Waals surface area contributed by atoms with Crippen LogP contribution in [0.3, 0.4) is 0 Å². The van der Waals surface area contributed by atoms with E-state index in [1.807, 2.05) is 19.1 Å². The number of oxazole rings is 1. The highest BCUT2D eigenvalue weighted by Crippen LogP contribution is 2.37. The lowest BCUT2D eigenvalue weighted by Crippen LogP contribution is -2.28. The van der Waals surface area contributed by atoms with Crippen molar-refractivity contribution >= 4 is 5.91 Å². The summed E-state index contributed by atoms with van der Waals surface area (Å²) in [4.78, 5) is 16.9. The summed E-state index contributed by atoms with van der Waals surface area (Å²) >= 11 is 0. The monoisotopic (exact) mass is 342 g/mol. The van der Waals surface area contributed by atoms with Gasteiger partial charge in [-0.2, -0.15) is 0 Å². The van der Waals surface area contributed by atoms with Gasteiger partial charge in [0.15, 0.2) is 17.8 Å². The number of nitrogens with zero attached hydrogens (tertiary/aromatic N) is 1. The number of fused-ring (bicyclic) bond motifs is 1. The number of nitrogens with one attached hydrogen (secondary N) is 1. The van der Waals surface area contributed by atoms with Crippen molar-refractivity contribution in [2.75, 3.05) is 13.2 Å². The third kappa shape index (κ3) is 3.02. The molecule has 6 nitrogen and oxygen atoms in total. The van der Waals surface area contributed by atoms with E-state index in [9.17, 15) is 4.79 Å². The maximum atomic E-state index is 12.7. The van der Waals surface area contributed by atoms with Crippen LogP contribution < -0.4 is 10.1 Å². The van der Waals surface area contributed by atoms with E-state index in [0.717, 1.165) is 37.0 Å². The summed E-state index contributed by atoms with van der Waals surface area (Å²) in [6.45, 7) is 3.31. The first kappa shape index (κ1) is 16.1. The molecule has 0 unspecified atom stereocenters. The lowest BCUT2D eigenvalue weighted by atomic mass is 10.1. The quantitative estimate of drug-likeness (QED) is 0.902. The van der Waals surface area contributed by atoms with Crippen LogP contribution in [-0.2, 0) is 11.2 Å². The minimum atomic E-state index is -0.209. The van der Waals surface area contributed by atoms with Gasteiger partial charge in [-0.3, -0.25) is 4.79 Å². The molecule has 1 aliphatic heterocycles. The summed E-state index contributed by atoms with van der Waals surface area (Å²) in [6.07, 6.45) is 4.75. The smallest absolute Gasteiger partial charge is 0.274 e. The first-order valence-corrected chi connectivity index (χ1v) is 8.88. The molecule has 25 heavy (non-hydrogen) atoms. The number of hydrogen-bond acceptors (Lipinski definition) is 5. The second-order valence-electron chi connectivity index (χ2n) is 6.39. The minimum absolute atomic E-state index is 0.0306. The van der Waals surface area contributed by atoms with Crippen LogP contribution in [-0.4, -0.2) is 24.1 Å². The molecule has 6 heteroatoms. The third-order valence-corrected chi connectivity index (χ3v) is 4.86. The summed E-state index contributed by atoms with van der Waals surface area (Å²) in [5.74, 6) is 1.24. The molecule has 2 atom stereocenters. The average Bonchev–Trinajstić information content (AvgIpc) is 3.36. The second-order valence-corrected chi connectivity index (χ2v) is 6.39. The van der Waals surface area contributed by atoms with Crippen LogP contribution in [0.2, 0.25) is 0 Å². The highest BCUT2D eigenvalue weighted by atomic mass is 16.5. The standard InChI is InChI=1S/C19H22N2O4/c1-2-23-15-6-3-5-12-13(15)8-9-14(12)21-19(22)17-18(25-11-20-17)16-7-4-10-24-16/h3,5-6,11,14,16H,2,4,7-10H2,1H3,(H,21,22)/t14-,16-/m0/s1. The first-order valence-electron chi connectivity index (χ1n) is 8.88. The molecule has 1 saturated heterocycles. The Bertz CT molecular complexity index is 765. The van der Waals surface area contributed by atoms with E-state index >= 15 is 0 Å². The fraction of sp³-hybridized carbons (Fsp3) is 0.474. The number of ether oxygens (including phenoxy) is 2. The summed E-state index contributed by atoms with van der Waals surface area (Å²) in [7, 11) is 0. The van der Waals surface area contributed by atoms with Gasteiger partial charge in [-0.05, 0) is 49.8 Å². The highest BCUT2D eigenvalue weighted by Gasteiger charge is 2.31. The fourth-order valence-corrected chi connectivity index (χ4v) is 3.73. The Kier molecular flexibility index (Phi) is 4.44. The molecule has 2 heterocycles. The van der Waals surface area contributed by atoms with E-state index < -0.39 is 0 Å². The number of aromatic nitrogens is 1. The Morgan fingerprint density at radius 3 is 3.12 bits per heavy atom. The number of carbonyl (C=O) groups excluding carboxylic acids is 1. The molecule has 2 aromatic rings. The molecule has 1 fully saturated rings. The van der Waals surface area contributed by atoms with Crippen LogP contribution >= 0.6 is 0 Å². The summed E-state index contributed by atoms with van der Waals surface area (Å²) < 4.78 is 16.8. The van der Waals surface area contributed by atoms with Crippen LogP contribution in [0.1, 0.15) is 65.7 Å². The number of carbonyl (C=O) groups is 1. The third-order valence-electron chi connectivity index (χ3n) is 4.86. The van der Waals surface area contributed by atoms with Gasteiger partial charge in [0.1, 0.15) is 11.9 Å². The number of rotatable bonds is 5. The normalized spacial score (nSPS) is 22.0. The van der Waals surface area contributed by atoms with Gasteiger partial charge in [0.05, 0.1) is 12.6 Å². The lowest BCUT2D eigenvalue weighted by molar-refractivity contribution is 0.0852. The van der Waals surface area contributed by atoms with Crippen LogP contribution in [0.15, 0.2) is 29.0 Å². The number of amides is 1. The van der Waals surface area contributed by atoms with Gasteiger partial charge in [0.2, 0.25) is 0 Å². The first-order chi connectivity index (χ1) is 12.3. The maximum Gasteiger partial charge on any atom is 0.274 e. The summed E-state index contributed by atoms with van der Waals surface area (Å²) in [6, 6.07) is 5.98. The topological polar surface area (TPSA) is 73.6 Å². The molecule has 0 bridgehead atoms. The minimum Gasteiger partial charge on any atom is -0.494 e. The molecular formula is C19H22N2O4. The molecule has 0 spiro atoms. The molecule has 2 aliphatic rings. The predicted octanol–water partition coefficient (Wildman–Crippen LogP) is 3.34. The largest absolute Gasteiger partial charge is 0.494 e. The highest BCUT2D eigenvalue weighted by molar-refractivity contribution is 5.93. The van der Waals surface area contributed by atoms with Crippen molar-refractivity contribution in [3.63, 3.8) is 0 Å². The molecule has 1 aromatic carbocycles. The van der Waals surface area contributed by atoms with Crippen molar-refractivity contribution in [3.8, 4) is 5.75 Å². The molecular weight excluding hydrogens is 320 g/mol. The van der Waals surface area contributed by atoms with Crippen molar-refractivity contribution in [1.29, 1.82) is 0 Å². The summed E-state index contributed by atoms with van der Waals surface area (Å²) in [5.41, 5.74) is 2.65. The zero-order valence-corrected chi connectivity index (χ0v) is 14.3. The van der Waals surface area contributed by atoms with Crippen molar-refractivity contribution in [2.45, 2.75) is 44.8 Å². The maximum absolute atomic E-state index is 12.7. The van der Waals surface area contributed by atoms with Crippen LogP contribution in [0, 0.1) is 0 Å². The van der Waals surface area contributed by atoms with Crippen LogP contribution in [0.25, 0.3) is 0 Å². The number of hydrogen-bond donors (Lipinski definition) is 1. The van der Waals surface area contributed by atoms with E-state index in [0.29, 0.717) is 24.7 Å². The van der Waals surface area contributed by atoms with Gasteiger partial charge in [0.25, 0.3) is 5.91 Å². The van der Waals surface area contributed by atoms with Crippen LogP contribution in [0.5, 0.6) is 5.75 Å². The zero-order chi connectivity index (χ0) is 17.2. The Morgan fingerprint density at radius 2 is 2.32 bits per heavy atom. The summed E-state index contributed by atoms with van der Waals surface area (Å²) in [5, 5.41) is 3.10. The Morgan fingerprint density at radius 1 is 1.40 bits per heavy atom. The van der Waals surface area contributed by atoms with Gasteiger partial charge < -0.3 is 19.2 Å². The van der Waals surface area contributed by atoms with Crippen molar-refractivity contribution in [1.82, 2.24) is 10.3 Å². The molecule has 1 aliphatic carbocycles. The zero-order valence-electron chi connectivity index (χ0n) is 14.3. The van der Waals surface area contributed by atoms with E-state index in [1.165, 1.54) is 12.0 Å². The predicted molar refractivity (Wildman–Crippen MR) is 90.6 cm³/mol. The van der Waals surface area contributed by atoms with Gasteiger partial charge in [-0.25, -0.2) is 4.98 Å². The van der Waals surface area contributed by atoms with Crippen molar-refractivity contribution < 1.29 is 18.7 Å². The van der Waals surface area contributed by atoms with E-state index in [4.69, 9.17) is 13.9 Å². The molecule has 0 saturated carbocycles.